The van der Waals surface area contributed by atoms with Crippen molar-refractivity contribution in [2.75, 3.05) is 18.1 Å². The molecule has 18 heavy (non-hydrogen) atoms. The summed E-state index contributed by atoms with van der Waals surface area (Å²) in [5, 5.41) is 11.8. The highest BCUT2D eigenvalue weighted by atomic mass is 16.3. The number of benzene rings is 2. The molecule has 0 atom stereocenters. The quantitative estimate of drug-likeness (QED) is 0.674. The Morgan fingerprint density at radius 3 is 1.94 bits per heavy atom. The number of aromatic hydroxyl groups is 1. The normalized spacial score (nSPS) is 9.28. The average Bonchev–Trinajstić information content (AvgIpc) is 2.34. The molecular formula is C15H20N2O. The van der Waals surface area contributed by atoms with Crippen LogP contribution in [-0.4, -0.2) is 12.2 Å². The van der Waals surface area contributed by atoms with E-state index in [2.05, 4.69) is 5.32 Å². The van der Waals surface area contributed by atoms with Gasteiger partial charge in [0.05, 0.1) is 11.4 Å². The molecule has 0 aliphatic heterocycles. The number of phenolic OH excluding ortho intramolecular Hbond substituents is 1. The summed E-state index contributed by atoms with van der Waals surface area (Å²) in [5.41, 5.74) is 9.83. The zero-order valence-electron chi connectivity index (χ0n) is 11.1. The predicted molar refractivity (Wildman–Crippen MR) is 78.0 cm³/mol. The maximum atomic E-state index is 8.76. The van der Waals surface area contributed by atoms with Crippen molar-refractivity contribution >= 4 is 11.4 Å². The molecule has 0 fully saturated rings. The van der Waals surface area contributed by atoms with Crippen molar-refractivity contribution in [3.05, 3.63) is 53.6 Å². The van der Waals surface area contributed by atoms with Crippen molar-refractivity contribution in [2.24, 2.45) is 0 Å². The summed E-state index contributed by atoms with van der Waals surface area (Å²) in [6.07, 6.45) is 0. The second-order valence-electron chi connectivity index (χ2n) is 4.18. The summed E-state index contributed by atoms with van der Waals surface area (Å²) < 4.78 is 0. The van der Waals surface area contributed by atoms with E-state index in [4.69, 9.17) is 10.8 Å². The van der Waals surface area contributed by atoms with E-state index in [1.165, 1.54) is 11.1 Å². The molecule has 0 aliphatic rings. The minimum absolute atomic E-state index is 0.329. The first-order chi connectivity index (χ1) is 8.52. The summed E-state index contributed by atoms with van der Waals surface area (Å²) >= 11 is 0. The summed E-state index contributed by atoms with van der Waals surface area (Å²) in [6, 6.07) is 13.0. The number of rotatable bonds is 1. The highest BCUT2D eigenvalue weighted by Crippen LogP contribution is 2.17. The van der Waals surface area contributed by atoms with Gasteiger partial charge >= 0.3 is 0 Å². The minimum atomic E-state index is 0.329. The molecule has 0 radical (unpaired) electrons. The maximum absolute atomic E-state index is 8.76. The maximum Gasteiger partial charge on any atom is 0.115 e. The van der Waals surface area contributed by atoms with Crippen molar-refractivity contribution in [1.29, 1.82) is 0 Å². The van der Waals surface area contributed by atoms with Crippen LogP contribution in [0.3, 0.4) is 0 Å². The molecule has 96 valence electrons. The van der Waals surface area contributed by atoms with Gasteiger partial charge in [0.25, 0.3) is 0 Å². The first-order valence-corrected chi connectivity index (χ1v) is 5.82. The second kappa shape index (κ2) is 6.55. The van der Waals surface area contributed by atoms with Crippen molar-refractivity contribution in [2.45, 2.75) is 13.8 Å². The number of nitrogen functional groups attached to an aromatic ring is 1. The van der Waals surface area contributed by atoms with Gasteiger partial charge in [0.1, 0.15) is 5.75 Å². The molecule has 2 aromatic rings. The van der Waals surface area contributed by atoms with Gasteiger partial charge in [-0.15, -0.1) is 0 Å². The molecule has 3 heteroatoms. The van der Waals surface area contributed by atoms with E-state index in [0.29, 0.717) is 5.75 Å². The Bertz CT molecular complexity index is 471. The van der Waals surface area contributed by atoms with Crippen LogP contribution in [-0.2, 0) is 0 Å². The standard InChI is InChI=1S/C8H12N2.C7H8O/c1-6-3-4-8(10-2)7(9)5-6;1-6-2-4-7(8)5-3-6/h3-5,10H,9H2,1-2H3;2-5,8H,1H3. The molecule has 4 N–H and O–H groups in total. The minimum Gasteiger partial charge on any atom is -0.508 e. The molecule has 3 nitrogen and oxygen atoms in total. The number of hydrogen-bond acceptors (Lipinski definition) is 3. The highest BCUT2D eigenvalue weighted by Gasteiger charge is 1.93. The van der Waals surface area contributed by atoms with Gasteiger partial charge in [-0.2, -0.15) is 0 Å². The number of nitrogens with one attached hydrogen (secondary N) is 1. The lowest BCUT2D eigenvalue weighted by Gasteiger charge is -2.03. The summed E-state index contributed by atoms with van der Waals surface area (Å²) in [4.78, 5) is 0. The van der Waals surface area contributed by atoms with Crippen molar-refractivity contribution in [3.8, 4) is 5.75 Å². The van der Waals surface area contributed by atoms with Crippen LogP contribution < -0.4 is 11.1 Å². The van der Waals surface area contributed by atoms with E-state index in [9.17, 15) is 0 Å². The molecule has 2 rings (SSSR count). The van der Waals surface area contributed by atoms with Crippen molar-refractivity contribution in [1.82, 2.24) is 0 Å². The summed E-state index contributed by atoms with van der Waals surface area (Å²) in [5.74, 6) is 0.329. The Labute approximate surface area is 108 Å². The van der Waals surface area contributed by atoms with Gasteiger partial charge in [0, 0.05) is 7.05 Å². The zero-order chi connectivity index (χ0) is 13.5. The molecule has 0 aromatic heterocycles. The van der Waals surface area contributed by atoms with Gasteiger partial charge in [0.15, 0.2) is 0 Å². The van der Waals surface area contributed by atoms with Crippen LogP contribution in [0.1, 0.15) is 11.1 Å². The molecule has 0 saturated heterocycles. The van der Waals surface area contributed by atoms with Crippen LogP contribution >= 0.6 is 0 Å². The zero-order valence-corrected chi connectivity index (χ0v) is 11.1. The third-order valence-electron chi connectivity index (χ3n) is 2.51. The number of nitrogens with two attached hydrogens (primary N) is 1. The molecule has 0 spiro atoms. The molecule has 2 aromatic carbocycles. The van der Waals surface area contributed by atoms with Crippen molar-refractivity contribution in [3.63, 3.8) is 0 Å². The van der Waals surface area contributed by atoms with E-state index in [1.807, 2.05) is 51.2 Å². The molecule has 0 saturated carbocycles. The SMILES string of the molecule is CNc1ccc(C)cc1N.Cc1ccc(O)cc1. The Balaban J connectivity index is 0.000000184. The monoisotopic (exact) mass is 244 g/mol. The average molecular weight is 244 g/mol. The van der Waals surface area contributed by atoms with Gasteiger partial charge in [0.2, 0.25) is 0 Å². The van der Waals surface area contributed by atoms with E-state index in [0.717, 1.165) is 11.4 Å². The smallest absolute Gasteiger partial charge is 0.115 e. The van der Waals surface area contributed by atoms with E-state index in [1.54, 1.807) is 12.1 Å². The van der Waals surface area contributed by atoms with Gasteiger partial charge < -0.3 is 16.2 Å². The van der Waals surface area contributed by atoms with Crippen LogP contribution in [0.25, 0.3) is 0 Å². The fourth-order valence-electron chi connectivity index (χ4n) is 1.45. The molecule has 0 heterocycles. The van der Waals surface area contributed by atoms with Gasteiger partial charge in [-0.05, 0) is 43.7 Å². The Kier molecular flexibility index (Phi) is 5.06. The fourth-order valence-corrected chi connectivity index (χ4v) is 1.45. The first-order valence-electron chi connectivity index (χ1n) is 5.82. The van der Waals surface area contributed by atoms with Crippen LogP contribution in [0.5, 0.6) is 5.75 Å². The summed E-state index contributed by atoms with van der Waals surface area (Å²) in [6.45, 7) is 4.01. The Morgan fingerprint density at radius 1 is 0.944 bits per heavy atom. The lowest BCUT2D eigenvalue weighted by Crippen LogP contribution is -1.95. The van der Waals surface area contributed by atoms with Crippen LogP contribution in [0, 0.1) is 13.8 Å². The van der Waals surface area contributed by atoms with Crippen molar-refractivity contribution < 1.29 is 5.11 Å². The number of anilines is 2. The molecule has 0 bridgehead atoms. The number of aryl methyl sites for hydroxylation is 2. The topological polar surface area (TPSA) is 58.3 Å². The Morgan fingerprint density at radius 2 is 1.50 bits per heavy atom. The van der Waals surface area contributed by atoms with E-state index >= 15 is 0 Å². The summed E-state index contributed by atoms with van der Waals surface area (Å²) in [7, 11) is 1.86. The third kappa shape index (κ3) is 4.37. The third-order valence-corrected chi connectivity index (χ3v) is 2.51. The molecular weight excluding hydrogens is 224 g/mol. The molecule has 0 amide bonds. The number of phenols is 1. The molecule has 0 aliphatic carbocycles. The van der Waals surface area contributed by atoms with Crippen LogP contribution in [0.2, 0.25) is 0 Å². The fraction of sp³-hybridized carbons (Fsp3) is 0.200. The number of hydrogen-bond donors (Lipinski definition) is 3. The van der Waals surface area contributed by atoms with Gasteiger partial charge in [-0.1, -0.05) is 23.8 Å². The van der Waals surface area contributed by atoms with Crippen LogP contribution in [0.4, 0.5) is 11.4 Å². The largest absolute Gasteiger partial charge is 0.508 e. The predicted octanol–water partition coefficient (Wildman–Crippen LogP) is 3.32. The lowest BCUT2D eigenvalue weighted by molar-refractivity contribution is 0.475. The van der Waals surface area contributed by atoms with Crippen LogP contribution in [0.15, 0.2) is 42.5 Å². The lowest BCUT2D eigenvalue weighted by atomic mass is 10.2. The molecule has 0 unspecified atom stereocenters. The highest BCUT2D eigenvalue weighted by molar-refractivity contribution is 5.66. The van der Waals surface area contributed by atoms with Gasteiger partial charge in [-0.25, -0.2) is 0 Å². The van der Waals surface area contributed by atoms with E-state index < -0.39 is 0 Å². The first kappa shape index (κ1) is 13.9. The second-order valence-corrected chi connectivity index (χ2v) is 4.18. The Hall–Kier alpha value is -2.16. The van der Waals surface area contributed by atoms with E-state index in [-0.39, 0.29) is 0 Å². The van der Waals surface area contributed by atoms with Gasteiger partial charge in [-0.3, -0.25) is 0 Å².